The third-order valence-electron chi connectivity index (χ3n) is 2.59. The second kappa shape index (κ2) is 5.28. The minimum atomic E-state index is -0.0206. The molecule has 1 aromatic rings. The van der Waals surface area contributed by atoms with Gasteiger partial charge in [0.25, 0.3) is 0 Å². The summed E-state index contributed by atoms with van der Waals surface area (Å²) in [6, 6.07) is 0.527. The van der Waals surface area contributed by atoms with Gasteiger partial charge in [0.1, 0.15) is 5.01 Å². The van der Waals surface area contributed by atoms with Gasteiger partial charge >= 0.3 is 0 Å². The Labute approximate surface area is 103 Å². The Morgan fingerprint density at radius 1 is 1.38 bits per heavy atom. The fourth-order valence-corrected chi connectivity index (χ4v) is 2.97. The van der Waals surface area contributed by atoms with Crippen molar-refractivity contribution in [1.29, 1.82) is 0 Å². The Kier molecular flexibility index (Phi) is 4.51. The molecule has 1 heterocycles. The Balaban J connectivity index is 2.64. The van der Waals surface area contributed by atoms with E-state index in [0.717, 1.165) is 11.6 Å². The molecule has 0 aliphatic carbocycles. The van der Waals surface area contributed by atoms with Gasteiger partial charge in [0.15, 0.2) is 0 Å². The Hall–Kier alpha value is -0.410. The average molecular weight is 240 g/mol. The van der Waals surface area contributed by atoms with Crippen LogP contribution in [0.5, 0.6) is 0 Å². The maximum Gasteiger partial charge on any atom is 0.112 e. The number of aryl methyl sites for hydroxylation is 1. The normalized spacial score (nSPS) is 14.4. The van der Waals surface area contributed by atoms with Crippen molar-refractivity contribution < 1.29 is 0 Å². The van der Waals surface area contributed by atoms with Crippen LogP contribution in [-0.4, -0.2) is 11.0 Å². The highest BCUT2D eigenvalue weighted by molar-refractivity contribution is 7.09. The summed E-state index contributed by atoms with van der Waals surface area (Å²) in [6.07, 6.45) is 1.20. The van der Waals surface area contributed by atoms with E-state index in [1.165, 1.54) is 11.4 Å². The average Bonchev–Trinajstić information content (AvgIpc) is 2.49. The number of rotatable bonds is 5. The first kappa shape index (κ1) is 13.7. The van der Waals surface area contributed by atoms with Gasteiger partial charge in [-0.15, -0.1) is 11.3 Å². The fourth-order valence-electron chi connectivity index (χ4n) is 2.08. The third kappa shape index (κ3) is 3.87. The molecule has 1 aromatic heterocycles. The van der Waals surface area contributed by atoms with Crippen LogP contribution < -0.4 is 5.32 Å². The zero-order valence-electron chi connectivity index (χ0n) is 11.3. The van der Waals surface area contributed by atoms with E-state index in [1.807, 2.05) is 6.92 Å². The summed E-state index contributed by atoms with van der Waals surface area (Å²) >= 11 is 1.74. The van der Waals surface area contributed by atoms with Crippen molar-refractivity contribution in [2.45, 2.75) is 59.5 Å². The van der Waals surface area contributed by atoms with Crippen LogP contribution in [0.3, 0.4) is 0 Å². The molecule has 0 saturated heterocycles. The predicted octanol–water partition coefficient (Wildman–Crippen LogP) is 3.71. The summed E-state index contributed by atoms with van der Waals surface area (Å²) in [7, 11) is 0. The van der Waals surface area contributed by atoms with Crippen molar-refractivity contribution >= 4 is 11.3 Å². The summed E-state index contributed by atoms with van der Waals surface area (Å²) in [6.45, 7) is 13.2. The van der Waals surface area contributed by atoms with Gasteiger partial charge in [-0.05, 0) is 40.0 Å². The molecule has 92 valence electrons. The van der Waals surface area contributed by atoms with Crippen LogP contribution in [-0.2, 0) is 5.54 Å². The standard InChI is InChI=1S/C13H24N2S/c1-9(2)7-10(3)15-13(5,6)12-14-11(4)8-16-12/h8-10,15H,7H2,1-6H3. The lowest BCUT2D eigenvalue weighted by atomic mass is 10.0. The van der Waals surface area contributed by atoms with Crippen molar-refractivity contribution in [2.24, 2.45) is 5.92 Å². The molecule has 0 aliphatic heterocycles. The van der Waals surface area contributed by atoms with Gasteiger partial charge in [-0.25, -0.2) is 4.98 Å². The van der Waals surface area contributed by atoms with Gasteiger partial charge in [-0.2, -0.15) is 0 Å². The van der Waals surface area contributed by atoms with Crippen molar-refractivity contribution in [3.05, 3.63) is 16.1 Å². The Bertz CT molecular complexity index is 328. The molecular weight excluding hydrogens is 216 g/mol. The molecule has 0 radical (unpaired) electrons. The smallest absolute Gasteiger partial charge is 0.112 e. The topological polar surface area (TPSA) is 24.9 Å². The van der Waals surface area contributed by atoms with E-state index in [4.69, 9.17) is 0 Å². The first-order valence-electron chi connectivity index (χ1n) is 6.01. The molecule has 0 saturated carbocycles. The highest BCUT2D eigenvalue weighted by Gasteiger charge is 2.25. The summed E-state index contributed by atoms with van der Waals surface area (Å²) < 4.78 is 0. The SMILES string of the molecule is Cc1csc(C(C)(C)NC(C)CC(C)C)n1. The number of hydrogen-bond acceptors (Lipinski definition) is 3. The Morgan fingerprint density at radius 2 is 2.00 bits per heavy atom. The fraction of sp³-hybridized carbons (Fsp3) is 0.769. The quantitative estimate of drug-likeness (QED) is 0.848. The highest BCUT2D eigenvalue weighted by Crippen LogP contribution is 2.25. The van der Waals surface area contributed by atoms with E-state index in [9.17, 15) is 0 Å². The first-order valence-corrected chi connectivity index (χ1v) is 6.89. The van der Waals surface area contributed by atoms with Crippen molar-refractivity contribution in [3.8, 4) is 0 Å². The maximum absolute atomic E-state index is 4.57. The largest absolute Gasteiger partial charge is 0.303 e. The van der Waals surface area contributed by atoms with Crippen molar-refractivity contribution in [1.82, 2.24) is 10.3 Å². The predicted molar refractivity (Wildman–Crippen MR) is 71.9 cm³/mol. The molecule has 2 nitrogen and oxygen atoms in total. The van der Waals surface area contributed by atoms with Crippen LogP contribution in [0, 0.1) is 12.8 Å². The molecule has 1 N–H and O–H groups in total. The van der Waals surface area contributed by atoms with E-state index in [1.54, 1.807) is 11.3 Å². The summed E-state index contributed by atoms with van der Waals surface area (Å²) in [4.78, 5) is 4.57. The lowest BCUT2D eigenvalue weighted by Crippen LogP contribution is -2.42. The maximum atomic E-state index is 4.57. The van der Waals surface area contributed by atoms with Crippen LogP contribution in [0.1, 0.15) is 51.7 Å². The van der Waals surface area contributed by atoms with Crippen molar-refractivity contribution in [3.63, 3.8) is 0 Å². The molecule has 0 fully saturated rings. The molecule has 0 aliphatic rings. The zero-order chi connectivity index (χ0) is 12.3. The first-order chi connectivity index (χ1) is 7.31. The molecule has 1 rings (SSSR count). The van der Waals surface area contributed by atoms with Gasteiger partial charge in [-0.1, -0.05) is 13.8 Å². The van der Waals surface area contributed by atoms with Crippen LogP contribution in [0.15, 0.2) is 5.38 Å². The van der Waals surface area contributed by atoms with Crippen LogP contribution in [0.25, 0.3) is 0 Å². The molecule has 1 unspecified atom stereocenters. The highest BCUT2D eigenvalue weighted by atomic mass is 32.1. The van der Waals surface area contributed by atoms with E-state index < -0.39 is 0 Å². The summed E-state index contributed by atoms with van der Waals surface area (Å²) in [5.74, 6) is 0.733. The van der Waals surface area contributed by atoms with Gasteiger partial charge in [0, 0.05) is 17.1 Å². The van der Waals surface area contributed by atoms with Gasteiger partial charge in [0.2, 0.25) is 0 Å². The number of aromatic nitrogens is 1. The Morgan fingerprint density at radius 3 is 2.44 bits per heavy atom. The van der Waals surface area contributed by atoms with Crippen molar-refractivity contribution in [2.75, 3.05) is 0 Å². The molecule has 1 atom stereocenters. The molecule has 16 heavy (non-hydrogen) atoms. The molecule has 0 aromatic carbocycles. The molecule has 0 bridgehead atoms. The number of nitrogens with zero attached hydrogens (tertiary/aromatic N) is 1. The monoisotopic (exact) mass is 240 g/mol. The third-order valence-corrected chi connectivity index (χ3v) is 3.87. The number of hydrogen-bond donors (Lipinski definition) is 1. The molecule has 0 amide bonds. The lowest BCUT2D eigenvalue weighted by Gasteiger charge is -2.29. The summed E-state index contributed by atoms with van der Waals surface area (Å²) in [5.41, 5.74) is 1.10. The van der Waals surface area contributed by atoms with E-state index in [0.29, 0.717) is 6.04 Å². The van der Waals surface area contributed by atoms with E-state index in [2.05, 4.69) is 50.3 Å². The second-order valence-corrected chi connectivity index (χ2v) is 6.45. The number of nitrogens with one attached hydrogen (secondary N) is 1. The summed E-state index contributed by atoms with van der Waals surface area (Å²) in [5, 5.41) is 6.96. The molecular formula is C13H24N2S. The van der Waals surface area contributed by atoms with Gasteiger partial charge in [-0.3, -0.25) is 0 Å². The molecule has 3 heteroatoms. The van der Waals surface area contributed by atoms with Gasteiger partial charge in [0.05, 0.1) is 5.54 Å². The van der Waals surface area contributed by atoms with Crippen LogP contribution >= 0.6 is 11.3 Å². The minimum Gasteiger partial charge on any atom is -0.303 e. The molecule has 0 spiro atoms. The van der Waals surface area contributed by atoms with E-state index >= 15 is 0 Å². The van der Waals surface area contributed by atoms with Gasteiger partial charge < -0.3 is 5.32 Å². The van der Waals surface area contributed by atoms with Crippen LogP contribution in [0.4, 0.5) is 0 Å². The zero-order valence-corrected chi connectivity index (χ0v) is 12.1. The minimum absolute atomic E-state index is 0.0206. The van der Waals surface area contributed by atoms with Crippen LogP contribution in [0.2, 0.25) is 0 Å². The second-order valence-electron chi connectivity index (χ2n) is 5.59. The van der Waals surface area contributed by atoms with E-state index in [-0.39, 0.29) is 5.54 Å². The number of thiazole rings is 1. The lowest BCUT2D eigenvalue weighted by molar-refractivity contribution is 0.320.